The van der Waals surface area contributed by atoms with Gasteiger partial charge in [0.1, 0.15) is 6.10 Å². The fourth-order valence-electron chi connectivity index (χ4n) is 10.2. The molecule has 6 rings (SSSR count). The third-order valence-electron chi connectivity index (χ3n) is 12.4. The second kappa shape index (κ2) is 10.5. The Morgan fingerprint density at radius 3 is 2.82 bits per heavy atom. The van der Waals surface area contributed by atoms with Gasteiger partial charge in [0.2, 0.25) is 5.91 Å². The molecule has 6 heteroatoms. The van der Waals surface area contributed by atoms with Crippen LogP contribution in [-0.2, 0) is 11.8 Å². The maximum absolute atomic E-state index is 13.3. The Kier molecular flexibility index (Phi) is 7.39. The van der Waals surface area contributed by atoms with Crippen molar-refractivity contribution < 1.29 is 14.6 Å². The van der Waals surface area contributed by atoms with Crippen LogP contribution >= 0.6 is 0 Å². The number of nitrogens with zero attached hydrogens (tertiary/aromatic N) is 3. The molecule has 3 saturated carbocycles. The van der Waals surface area contributed by atoms with Crippen LogP contribution in [0, 0.1) is 40.4 Å². The molecule has 6 nitrogen and oxygen atoms in total. The number of aromatic nitrogens is 2. The third kappa shape index (κ3) is 4.97. The number of carbonyl (C=O) groups excluding carboxylic acids is 1. The Bertz CT molecular complexity index is 1080. The van der Waals surface area contributed by atoms with Crippen molar-refractivity contribution in [1.29, 1.82) is 0 Å². The van der Waals surface area contributed by atoms with Gasteiger partial charge in [-0.15, -0.1) is 0 Å². The van der Waals surface area contributed by atoms with Crippen LogP contribution in [0.2, 0.25) is 0 Å². The van der Waals surface area contributed by atoms with Crippen LogP contribution in [0.1, 0.15) is 97.8 Å². The molecule has 1 aromatic rings. The Hall–Kier alpha value is -1.82. The van der Waals surface area contributed by atoms with Crippen molar-refractivity contribution >= 4 is 5.91 Å². The van der Waals surface area contributed by atoms with Crippen molar-refractivity contribution in [2.75, 3.05) is 13.1 Å². The quantitative estimate of drug-likeness (QED) is 0.442. The van der Waals surface area contributed by atoms with E-state index in [4.69, 9.17) is 4.74 Å². The summed E-state index contributed by atoms with van der Waals surface area (Å²) in [5.74, 6) is 4.82. The molecule has 216 valence electrons. The van der Waals surface area contributed by atoms with Crippen molar-refractivity contribution in [3.05, 3.63) is 24.0 Å². The van der Waals surface area contributed by atoms with Crippen LogP contribution in [-0.4, -0.2) is 51.0 Å². The summed E-state index contributed by atoms with van der Waals surface area (Å²) in [7, 11) is 1.90. The molecule has 39 heavy (non-hydrogen) atoms. The van der Waals surface area contributed by atoms with E-state index in [0.29, 0.717) is 35.6 Å². The first-order valence-electron chi connectivity index (χ1n) is 16.0. The van der Waals surface area contributed by atoms with Crippen LogP contribution in [0.4, 0.5) is 0 Å². The number of hydrogen-bond donors (Lipinski definition) is 1. The van der Waals surface area contributed by atoms with Crippen LogP contribution in [0.15, 0.2) is 24.0 Å². The molecule has 0 aromatic carbocycles. The Balaban J connectivity index is 1.05. The molecule has 1 aromatic heterocycles. The fraction of sp³-hybridized carbons (Fsp3) is 0.818. The number of piperidine rings is 1. The normalized spacial score (nSPS) is 40.7. The molecule has 1 N–H and O–H groups in total. The summed E-state index contributed by atoms with van der Waals surface area (Å²) in [5.41, 5.74) is 2.29. The van der Waals surface area contributed by atoms with Crippen molar-refractivity contribution in [2.24, 2.45) is 47.5 Å². The van der Waals surface area contributed by atoms with Gasteiger partial charge in [-0.3, -0.25) is 9.48 Å². The summed E-state index contributed by atoms with van der Waals surface area (Å²) in [6.07, 6.45) is 19.4. The Morgan fingerprint density at radius 1 is 1.18 bits per heavy atom. The van der Waals surface area contributed by atoms with E-state index in [2.05, 4.69) is 36.8 Å². The van der Waals surface area contributed by atoms with E-state index in [1.54, 1.807) is 16.5 Å². The van der Waals surface area contributed by atoms with E-state index < -0.39 is 0 Å². The number of ether oxygens (including phenoxy) is 1. The lowest BCUT2D eigenvalue weighted by Gasteiger charge is -2.58. The Morgan fingerprint density at radius 2 is 2.03 bits per heavy atom. The van der Waals surface area contributed by atoms with Gasteiger partial charge in [0.25, 0.3) is 0 Å². The zero-order valence-corrected chi connectivity index (χ0v) is 24.8. The number of carbonyl (C=O) groups is 1. The zero-order chi connectivity index (χ0) is 27.4. The van der Waals surface area contributed by atoms with Gasteiger partial charge in [0.05, 0.1) is 25.0 Å². The smallest absolute Gasteiger partial charge is 0.222 e. The number of amides is 1. The highest BCUT2D eigenvalue weighted by atomic mass is 16.5. The number of allylic oxidation sites excluding steroid dienone is 1. The van der Waals surface area contributed by atoms with Crippen LogP contribution < -0.4 is 4.74 Å². The van der Waals surface area contributed by atoms with E-state index in [9.17, 15) is 9.90 Å². The summed E-state index contributed by atoms with van der Waals surface area (Å²) in [6, 6.07) is 0. The zero-order valence-electron chi connectivity index (χ0n) is 24.8. The molecular weight excluding hydrogens is 486 g/mol. The molecule has 4 fully saturated rings. The van der Waals surface area contributed by atoms with E-state index in [1.165, 1.54) is 32.1 Å². The number of rotatable bonds is 6. The fourth-order valence-corrected chi connectivity index (χ4v) is 10.2. The Labute approximate surface area is 235 Å². The lowest BCUT2D eigenvalue weighted by molar-refractivity contribution is -0.134. The third-order valence-corrected chi connectivity index (χ3v) is 12.4. The molecule has 4 aliphatic carbocycles. The molecule has 0 radical (unpaired) electrons. The summed E-state index contributed by atoms with van der Waals surface area (Å²) < 4.78 is 7.89. The van der Waals surface area contributed by atoms with E-state index in [1.807, 2.05) is 13.2 Å². The number of fused-ring (bicyclic) bond motifs is 5. The molecule has 0 bridgehead atoms. The predicted octanol–water partition coefficient (Wildman–Crippen LogP) is 6.15. The minimum atomic E-state index is -0.126. The molecular formula is C33H51N3O3. The average molecular weight is 538 g/mol. The standard InChI is InChI=1S/C33H51N3O3/c1-22(7-12-31(38)36-17-5-6-25(21-36)39-26-19-34-35(4)20-26)28-10-11-29-27-9-8-23-18-24(37)13-15-32(23,2)30(27)14-16-33(28,29)3/h8,19-20,22,24-25,27-30,37H,5-7,9-18,21H2,1-4H3/t22-,24+,25+,27+,28-,29+,30+,32+,33-/m1/s1. The second-order valence-corrected chi connectivity index (χ2v) is 14.5. The monoisotopic (exact) mass is 537 g/mol. The summed E-state index contributed by atoms with van der Waals surface area (Å²) in [6.45, 7) is 9.13. The first-order chi connectivity index (χ1) is 18.7. The summed E-state index contributed by atoms with van der Waals surface area (Å²) in [5, 5.41) is 14.5. The number of aliphatic hydroxyl groups is 1. The molecule has 9 atom stereocenters. The van der Waals surface area contributed by atoms with E-state index in [0.717, 1.165) is 74.5 Å². The maximum atomic E-state index is 13.3. The van der Waals surface area contributed by atoms with Crippen LogP contribution in [0.5, 0.6) is 5.75 Å². The largest absolute Gasteiger partial charge is 0.485 e. The second-order valence-electron chi connectivity index (χ2n) is 14.5. The topological polar surface area (TPSA) is 67.6 Å². The predicted molar refractivity (Wildman–Crippen MR) is 153 cm³/mol. The van der Waals surface area contributed by atoms with Crippen LogP contribution in [0.25, 0.3) is 0 Å². The number of aryl methyl sites for hydroxylation is 1. The summed E-state index contributed by atoms with van der Waals surface area (Å²) >= 11 is 0. The van der Waals surface area contributed by atoms with Gasteiger partial charge >= 0.3 is 0 Å². The van der Waals surface area contributed by atoms with Crippen molar-refractivity contribution in [3.63, 3.8) is 0 Å². The molecule has 2 heterocycles. The van der Waals surface area contributed by atoms with Crippen LogP contribution in [0.3, 0.4) is 0 Å². The molecule has 0 unspecified atom stereocenters. The average Bonchev–Trinajstić information content (AvgIpc) is 3.49. The van der Waals surface area contributed by atoms with Gasteiger partial charge in [0.15, 0.2) is 5.75 Å². The highest BCUT2D eigenvalue weighted by Crippen LogP contribution is 2.67. The van der Waals surface area contributed by atoms with Gasteiger partial charge in [0, 0.05) is 20.0 Å². The first-order valence-corrected chi connectivity index (χ1v) is 16.0. The molecule has 0 spiro atoms. The minimum absolute atomic E-state index is 0.0633. The van der Waals surface area contributed by atoms with Gasteiger partial charge in [-0.2, -0.15) is 5.10 Å². The number of aliphatic hydroxyl groups excluding tert-OH is 1. The SMILES string of the molecule is C[C@H](CCC(=O)N1CCC[C@H](Oc2cnn(C)c2)C1)[C@H]1CC[C@H]2[C@@H]3CC=C4C[C@@H](O)CC[C@]4(C)[C@H]3CC[C@]12C. The highest BCUT2D eigenvalue weighted by molar-refractivity contribution is 5.76. The lowest BCUT2D eigenvalue weighted by Crippen LogP contribution is -2.50. The van der Waals surface area contributed by atoms with Gasteiger partial charge < -0.3 is 14.7 Å². The number of likely N-dealkylation sites (tertiary alicyclic amines) is 1. The van der Waals surface area contributed by atoms with Crippen molar-refractivity contribution in [3.8, 4) is 5.75 Å². The lowest BCUT2D eigenvalue weighted by atomic mass is 9.47. The molecule has 5 aliphatic rings. The maximum Gasteiger partial charge on any atom is 0.222 e. The van der Waals surface area contributed by atoms with Gasteiger partial charge in [-0.1, -0.05) is 32.4 Å². The first kappa shape index (κ1) is 27.4. The minimum Gasteiger partial charge on any atom is -0.485 e. The molecule has 1 amide bonds. The number of hydrogen-bond acceptors (Lipinski definition) is 4. The molecule has 1 aliphatic heterocycles. The molecule has 1 saturated heterocycles. The van der Waals surface area contributed by atoms with Gasteiger partial charge in [-0.05, 0) is 111 Å². The van der Waals surface area contributed by atoms with E-state index >= 15 is 0 Å². The highest BCUT2D eigenvalue weighted by Gasteiger charge is 2.59. The van der Waals surface area contributed by atoms with E-state index in [-0.39, 0.29) is 12.2 Å². The van der Waals surface area contributed by atoms with Gasteiger partial charge in [-0.25, -0.2) is 0 Å². The summed E-state index contributed by atoms with van der Waals surface area (Å²) in [4.78, 5) is 15.3. The van der Waals surface area contributed by atoms with Crippen molar-refractivity contribution in [1.82, 2.24) is 14.7 Å². The van der Waals surface area contributed by atoms with Crippen molar-refractivity contribution in [2.45, 2.75) is 110 Å².